The maximum atomic E-state index is 13.7. The number of benzene rings is 1. The summed E-state index contributed by atoms with van der Waals surface area (Å²) in [7, 11) is -2.39. The molecule has 0 radical (unpaired) electrons. The molecule has 1 atom stereocenters. The highest BCUT2D eigenvalue weighted by Gasteiger charge is 2.45. The molecule has 2 amide bonds. The minimum Gasteiger partial charge on any atom is -0.359 e. The maximum Gasteiger partial charge on any atom is 0.246 e. The Hall–Kier alpha value is -2.00. The summed E-state index contributed by atoms with van der Waals surface area (Å²) in [6.07, 6.45) is 0.135. The van der Waals surface area contributed by atoms with E-state index >= 15 is 0 Å². The summed E-state index contributed by atoms with van der Waals surface area (Å²) >= 11 is 0. The topological polar surface area (TPSA) is 86.8 Å². The van der Waals surface area contributed by atoms with Gasteiger partial charge in [0.1, 0.15) is 10.7 Å². The SMILES string of the molecule is CNC(=O)C1CC(=O)N(C2CN(S(=O)(=O)c3ccccc3F)C2)C1. The van der Waals surface area contributed by atoms with Gasteiger partial charge in [-0.2, -0.15) is 4.31 Å². The molecule has 7 nitrogen and oxygen atoms in total. The summed E-state index contributed by atoms with van der Waals surface area (Å²) < 4.78 is 39.7. The normalized spacial score (nSPS) is 22.5. The van der Waals surface area contributed by atoms with E-state index in [4.69, 9.17) is 0 Å². The third-order valence-electron chi connectivity index (χ3n) is 4.50. The lowest BCUT2D eigenvalue weighted by molar-refractivity contribution is -0.132. The van der Waals surface area contributed by atoms with Gasteiger partial charge in [0.25, 0.3) is 0 Å². The maximum absolute atomic E-state index is 13.7. The van der Waals surface area contributed by atoms with Crippen LogP contribution < -0.4 is 5.32 Å². The van der Waals surface area contributed by atoms with Crippen LogP contribution in [0.4, 0.5) is 4.39 Å². The number of nitrogens with one attached hydrogen (secondary N) is 1. The zero-order valence-electron chi connectivity index (χ0n) is 13.1. The van der Waals surface area contributed by atoms with Crippen LogP contribution >= 0.6 is 0 Å². The van der Waals surface area contributed by atoms with Crippen LogP contribution in [0.5, 0.6) is 0 Å². The molecule has 1 N–H and O–H groups in total. The van der Waals surface area contributed by atoms with Gasteiger partial charge in [0.05, 0.1) is 12.0 Å². The van der Waals surface area contributed by atoms with Crippen LogP contribution in [-0.2, 0) is 19.6 Å². The highest BCUT2D eigenvalue weighted by molar-refractivity contribution is 7.89. The summed E-state index contributed by atoms with van der Waals surface area (Å²) in [5.41, 5.74) is 0. The summed E-state index contributed by atoms with van der Waals surface area (Å²) in [4.78, 5) is 24.9. The molecule has 24 heavy (non-hydrogen) atoms. The Morgan fingerprint density at radius 3 is 2.54 bits per heavy atom. The number of nitrogens with zero attached hydrogens (tertiary/aromatic N) is 2. The van der Waals surface area contributed by atoms with Crippen molar-refractivity contribution in [3.8, 4) is 0 Å². The largest absolute Gasteiger partial charge is 0.359 e. The van der Waals surface area contributed by atoms with Gasteiger partial charge in [-0.15, -0.1) is 0 Å². The molecule has 2 aliphatic rings. The molecule has 1 aromatic rings. The molecular weight excluding hydrogens is 337 g/mol. The van der Waals surface area contributed by atoms with E-state index < -0.39 is 21.8 Å². The average molecular weight is 355 g/mol. The van der Waals surface area contributed by atoms with Crippen molar-refractivity contribution in [2.75, 3.05) is 26.7 Å². The smallest absolute Gasteiger partial charge is 0.246 e. The van der Waals surface area contributed by atoms with E-state index in [1.165, 1.54) is 25.2 Å². The number of likely N-dealkylation sites (tertiary alicyclic amines) is 1. The fourth-order valence-electron chi connectivity index (χ4n) is 3.07. The predicted molar refractivity (Wildman–Crippen MR) is 82.8 cm³/mol. The van der Waals surface area contributed by atoms with Crippen molar-refractivity contribution in [3.05, 3.63) is 30.1 Å². The van der Waals surface area contributed by atoms with E-state index in [1.54, 1.807) is 4.90 Å². The molecule has 2 heterocycles. The van der Waals surface area contributed by atoms with Crippen LogP contribution in [0.15, 0.2) is 29.2 Å². The number of rotatable bonds is 4. The first kappa shape index (κ1) is 16.8. The monoisotopic (exact) mass is 355 g/mol. The Kier molecular flexibility index (Phi) is 4.31. The van der Waals surface area contributed by atoms with Gasteiger partial charge in [-0.25, -0.2) is 12.8 Å². The van der Waals surface area contributed by atoms with Crippen LogP contribution in [-0.4, -0.2) is 62.2 Å². The molecule has 0 spiro atoms. The van der Waals surface area contributed by atoms with Crippen LogP contribution in [0.1, 0.15) is 6.42 Å². The Morgan fingerprint density at radius 2 is 1.92 bits per heavy atom. The molecule has 0 saturated carbocycles. The average Bonchev–Trinajstić information content (AvgIpc) is 2.87. The standard InChI is InChI=1S/C15H18FN3O4S/c1-17-15(21)10-6-14(20)19(7-10)11-8-18(9-11)24(22,23)13-5-3-2-4-12(13)16/h2-5,10-11H,6-9H2,1H3,(H,17,21). The molecule has 130 valence electrons. The molecule has 1 unspecified atom stereocenters. The lowest BCUT2D eigenvalue weighted by atomic mass is 10.1. The number of sulfonamides is 1. The Labute approximate surface area is 139 Å². The van der Waals surface area contributed by atoms with Crippen LogP contribution in [0.25, 0.3) is 0 Å². The summed E-state index contributed by atoms with van der Waals surface area (Å²) in [6, 6.07) is 4.94. The molecule has 1 aromatic carbocycles. The first-order valence-corrected chi connectivity index (χ1v) is 9.04. The zero-order chi connectivity index (χ0) is 17.5. The van der Waals surface area contributed by atoms with Gasteiger partial charge in [-0.1, -0.05) is 12.1 Å². The van der Waals surface area contributed by atoms with Crippen molar-refractivity contribution < 1.29 is 22.4 Å². The molecule has 0 aromatic heterocycles. The fourth-order valence-corrected chi connectivity index (χ4v) is 4.65. The minimum absolute atomic E-state index is 0.114. The van der Waals surface area contributed by atoms with Crippen molar-refractivity contribution in [3.63, 3.8) is 0 Å². The van der Waals surface area contributed by atoms with Gasteiger partial charge in [-0.05, 0) is 12.1 Å². The number of carbonyl (C=O) groups excluding carboxylic acids is 2. The molecular formula is C15H18FN3O4S. The molecule has 2 fully saturated rings. The lowest BCUT2D eigenvalue weighted by Gasteiger charge is -2.42. The number of halogens is 1. The van der Waals surface area contributed by atoms with Crippen LogP contribution in [0.3, 0.4) is 0 Å². The molecule has 3 rings (SSSR count). The van der Waals surface area contributed by atoms with Crippen molar-refractivity contribution in [2.24, 2.45) is 5.92 Å². The third-order valence-corrected chi connectivity index (χ3v) is 6.36. The number of carbonyl (C=O) groups is 2. The molecule has 9 heteroatoms. The highest BCUT2D eigenvalue weighted by atomic mass is 32.2. The van der Waals surface area contributed by atoms with Gasteiger partial charge in [0.15, 0.2) is 0 Å². The minimum atomic E-state index is -3.91. The third kappa shape index (κ3) is 2.78. The van der Waals surface area contributed by atoms with E-state index in [9.17, 15) is 22.4 Å². The van der Waals surface area contributed by atoms with Gasteiger partial charge < -0.3 is 10.2 Å². The number of hydrogen-bond acceptors (Lipinski definition) is 4. The second-order valence-electron chi connectivity index (χ2n) is 5.97. The lowest BCUT2D eigenvalue weighted by Crippen LogP contribution is -2.61. The van der Waals surface area contributed by atoms with E-state index in [0.717, 1.165) is 10.4 Å². The van der Waals surface area contributed by atoms with E-state index in [1.807, 2.05) is 0 Å². The van der Waals surface area contributed by atoms with E-state index in [0.29, 0.717) is 0 Å². The van der Waals surface area contributed by atoms with Crippen molar-refractivity contribution in [1.29, 1.82) is 0 Å². The summed E-state index contributed by atoms with van der Waals surface area (Å²) in [6.45, 7) is 0.516. The second kappa shape index (κ2) is 6.14. The number of hydrogen-bond donors (Lipinski definition) is 1. The first-order valence-electron chi connectivity index (χ1n) is 7.60. The predicted octanol–water partition coefficient (Wildman–Crippen LogP) is -0.207. The zero-order valence-corrected chi connectivity index (χ0v) is 13.9. The number of amides is 2. The van der Waals surface area contributed by atoms with E-state index in [-0.39, 0.29) is 48.8 Å². The van der Waals surface area contributed by atoms with Crippen LogP contribution in [0, 0.1) is 11.7 Å². The summed E-state index contributed by atoms with van der Waals surface area (Å²) in [5.74, 6) is -1.55. The Morgan fingerprint density at radius 1 is 1.25 bits per heavy atom. The molecule has 0 aliphatic carbocycles. The van der Waals surface area contributed by atoms with Gasteiger partial charge in [-0.3, -0.25) is 9.59 Å². The molecule has 2 aliphatic heterocycles. The first-order chi connectivity index (χ1) is 11.3. The van der Waals surface area contributed by atoms with Gasteiger partial charge in [0, 0.05) is 33.1 Å². The summed E-state index contributed by atoms with van der Waals surface area (Å²) in [5, 5.41) is 2.52. The Bertz CT molecular complexity index is 777. The second-order valence-corrected chi connectivity index (χ2v) is 7.87. The van der Waals surface area contributed by atoms with Crippen LogP contribution in [0.2, 0.25) is 0 Å². The highest BCUT2D eigenvalue weighted by Crippen LogP contribution is 2.29. The quantitative estimate of drug-likeness (QED) is 0.810. The fraction of sp³-hybridized carbons (Fsp3) is 0.467. The van der Waals surface area contributed by atoms with Crippen molar-refractivity contribution >= 4 is 21.8 Å². The van der Waals surface area contributed by atoms with Crippen molar-refractivity contribution in [2.45, 2.75) is 17.4 Å². The van der Waals surface area contributed by atoms with Gasteiger partial charge in [0.2, 0.25) is 21.8 Å². The molecule has 2 saturated heterocycles. The molecule has 0 bridgehead atoms. The van der Waals surface area contributed by atoms with Gasteiger partial charge >= 0.3 is 0 Å². The van der Waals surface area contributed by atoms with E-state index in [2.05, 4.69) is 5.32 Å². The Balaban J connectivity index is 1.67. The van der Waals surface area contributed by atoms with Crippen molar-refractivity contribution in [1.82, 2.24) is 14.5 Å².